The molecule has 1 aliphatic carbocycles. The lowest BCUT2D eigenvalue weighted by Crippen LogP contribution is -2.28. The Kier molecular flexibility index (Phi) is 9.41. The number of hydrogen-bond donors (Lipinski definition) is 0. The van der Waals surface area contributed by atoms with Crippen molar-refractivity contribution in [2.75, 3.05) is 4.90 Å². The molecule has 11 rings (SSSR count). The second kappa shape index (κ2) is 16.5. The van der Waals surface area contributed by atoms with Crippen molar-refractivity contribution in [3.63, 3.8) is 0 Å². The van der Waals surface area contributed by atoms with Crippen LogP contribution in [0.4, 0.5) is 17.1 Å². The second-order valence-corrected chi connectivity index (χ2v) is 16.3. The van der Waals surface area contributed by atoms with Gasteiger partial charge in [-0.3, -0.25) is 0 Å². The summed E-state index contributed by atoms with van der Waals surface area (Å²) in [6.45, 7) is 4.05. The van der Waals surface area contributed by atoms with Gasteiger partial charge >= 0.3 is 0 Å². The SMILES string of the molecule is [2H]c1cc(N(c2ccc(-c3ccccc3)cc2)c2ccc3c(c2)C(c2ccccc2)(c2ccccc2)c2ccccc2-3)c([2H])cc1C(/C=C/c1cc2ccccc2c2ccccc12)=C/C=C. The lowest BCUT2D eigenvalue weighted by atomic mass is 9.67. The number of fused-ring (bicyclic) bond motifs is 6. The molecule has 10 aromatic carbocycles. The molecular weight excluding hydrogens is 771 g/mol. The van der Waals surface area contributed by atoms with Gasteiger partial charge in [-0.1, -0.05) is 225 Å². The molecule has 302 valence electrons. The Bertz CT molecular complexity index is 3460. The molecular formula is C63H45N. The number of nitrogens with zero attached hydrogens (tertiary/aromatic N) is 1. The van der Waals surface area contributed by atoms with Gasteiger partial charge < -0.3 is 4.90 Å². The second-order valence-electron chi connectivity index (χ2n) is 16.3. The van der Waals surface area contributed by atoms with Crippen LogP contribution in [0, 0.1) is 0 Å². The van der Waals surface area contributed by atoms with Crippen molar-refractivity contribution in [1.82, 2.24) is 0 Å². The summed E-state index contributed by atoms with van der Waals surface area (Å²) in [6, 6.07) is 79.6. The van der Waals surface area contributed by atoms with Gasteiger partial charge in [0.25, 0.3) is 0 Å². The Hall–Kier alpha value is -8.26. The molecule has 0 saturated heterocycles. The quantitative estimate of drug-likeness (QED) is 0.0982. The molecule has 0 N–H and O–H groups in total. The predicted octanol–water partition coefficient (Wildman–Crippen LogP) is 16.8. The van der Waals surface area contributed by atoms with Gasteiger partial charge in [-0.15, -0.1) is 0 Å². The Morgan fingerprint density at radius 1 is 0.469 bits per heavy atom. The molecule has 1 heteroatoms. The summed E-state index contributed by atoms with van der Waals surface area (Å²) in [5, 5.41) is 4.73. The predicted molar refractivity (Wildman–Crippen MR) is 273 cm³/mol. The van der Waals surface area contributed by atoms with Crippen LogP contribution < -0.4 is 4.90 Å². The Morgan fingerprint density at radius 2 is 1.06 bits per heavy atom. The van der Waals surface area contributed by atoms with Crippen molar-refractivity contribution >= 4 is 50.3 Å². The fourth-order valence-corrected chi connectivity index (χ4v) is 9.87. The van der Waals surface area contributed by atoms with E-state index in [2.05, 4.69) is 230 Å². The zero-order valence-corrected chi connectivity index (χ0v) is 35.3. The molecule has 0 atom stereocenters. The van der Waals surface area contributed by atoms with Crippen molar-refractivity contribution in [3.8, 4) is 22.3 Å². The molecule has 64 heavy (non-hydrogen) atoms. The molecule has 0 bridgehead atoms. The summed E-state index contributed by atoms with van der Waals surface area (Å²) in [7, 11) is 0. The third kappa shape index (κ3) is 6.67. The van der Waals surface area contributed by atoms with Crippen LogP contribution in [-0.2, 0) is 5.41 Å². The summed E-state index contributed by atoms with van der Waals surface area (Å²) >= 11 is 0. The van der Waals surface area contributed by atoms with Crippen molar-refractivity contribution < 1.29 is 2.74 Å². The number of hydrogen-bond acceptors (Lipinski definition) is 1. The fraction of sp³-hybridized carbons (Fsp3) is 0.0159. The molecule has 0 aromatic heterocycles. The molecule has 0 aliphatic heterocycles. The largest absolute Gasteiger partial charge is 0.310 e. The van der Waals surface area contributed by atoms with E-state index < -0.39 is 5.41 Å². The zero-order chi connectivity index (χ0) is 44.6. The molecule has 0 unspecified atom stereocenters. The molecule has 0 fully saturated rings. The van der Waals surface area contributed by atoms with E-state index in [0.717, 1.165) is 39.0 Å². The standard InChI is InChI=1S/C63H45N/c1-2-18-45(31-32-50-43-49-21-12-13-26-56(49)58-28-15-14-27-57(50)58)47-33-37-53(38-34-47)64(54-39-35-48(36-40-54)46-19-6-3-7-20-46)55-41-42-60-59-29-16-17-30-61(59)63(62(60)44-55,51-22-8-4-9-23-51)52-24-10-5-11-25-52/h2-44H,1H2/b32-31+,45-18+/i33D,38D. The van der Waals surface area contributed by atoms with E-state index in [4.69, 9.17) is 0 Å². The normalized spacial score (nSPS) is 13.3. The number of rotatable bonds is 10. The highest BCUT2D eigenvalue weighted by Crippen LogP contribution is 2.57. The van der Waals surface area contributed by atoms with E-state index in [1.54, 1.807) is 6.08 Å². The van der Waals surface area contributed by atoms with Crippen molar-refractivity contribution in [3.05, 3.63) is 295 Å². The third-order valence-corrected chi connectivity index (χ3v) is 12.8. The lowest BCUT2D eigenvalue weighted by molar-refractivity contribution is 0.768. The summed E-state index contributed by atoms with van der Waals surface area (Å²) in [6.07, 6.45) is 7.85. The van der Waals surface area contributed by atoms with E-state index in [9.17, 15) is 2.74 Å². The maximum atomic E-state index is 9.84. The van der Waals surface area contributed by atoms with Gasteiger partial charge in [0, 0.05) is 17.1 Å². The summed E-state index contributed by atoms with van der Waals surface area (Å²) in [5.41, 5.74) is 13.7. The number of benzene rings is 10. The monoisotopic (exact) mass is 817 g/mol. The summed E-state index contributed by atoms with van der Waals surface area (Å²) < 4.78 is 19.5. The first-order valence-corrected chi connectivity index (χ1v) is 21.9. The van der Waals surface area contributed by atoms with Crippen LogP contribution in [0.5, 0.6) is 0 Å². The highest BCUT2D eigenvalue weighted by molar-refractivity contribution is 6.11. The highest BCUT2D eigenvalue weighted by atomic mass is 15.1. The zero-order valence-electron chi connectivity index (χ0n) is 37.3. The molecule has 0 radical (unpaired) electrons. The van der Waals surface area contributed by atoms with Gasteiger partial charge in [0.05, 0.1) is 8.16 Å². The van der Waals surface area contributed by atoms with E-state index >= 15 is 0 Å². The van der Waals surface area contributed by atoms with Gasteiger partial charge in [-0.05, 0) is 125 Å². The molecule has 0 amide bonds. The minimum absolute atomic E-state index is 0.300. The number of anilines is 3. The topological polar surface area (TPSA) is 3.24 Å². The van der Waals surface area contributed by atoms with E-state index in [-0.39, 0.29) is 0 Å². The van der Waals surface area contributed by atoms with Crippen LogP contribution in [-0.4, -0.2) is 0 Å². The highest BCUT2D eigenvalue weighted by Gasteiger charge is 2.46. The van der Waals surface area contributed by atoms with Crippen molar-refractivity contribution in [1.29, 1.82) is 0 Å². The Morgan fingerprint density at radius 3 is 1.80 bits per heavy atom. The van der Waals surface area contributed by atoms with Crippen LogP contribution in [0.1, 0.15) is 36.1 Å². The van der Waals surface area contributed by atoms with Crippen molar-refractivity contribution in [2.45, 2.75) is 5.41 Å². The number of allylic oxidation sites excluding steroid dienone is 4. The van der Waals surface area contributed by atoms with Crippen molar-refractivity contribution in [2.24, 2.45) is 0 Å². The molecule has 0 saturated carbocycles. The smallest absolute Gasteiger partial charge is 0.0714 e. The molecule has 1 aliphatic rings. The first-order valence-electron chi connectivity index (χ1n) is 22.9. The first-order chi connectivity index (χ1) is 32.5. The van der Waals surface area contributed by atoms with Gasteiger partial charge in [0.2, 0.25) is 0 Å². The lowest BCUT2D eigenvalue weighted by Gasteiger charge is -2.35. The maximum absolute atomic E-state index is 9.84. The molecule has 0 heterocycles. The minimum Gasteiger partial charge on any atom is -0.310 e. The van der Waals surface area contributed by atoms with Crippen LogP contribution in [0.25, 0.3) is 55.4 Å². The fourth-order valence-electron chi connectivity index (χ4n) is 9.87. The van der Waals surface area contributed by atoms with E-state index in [0.29, 0.717) is 23.3 Å². The van der Waals surface area contributed by atoms with Gasteiger partial charge in [0.1, 0.15) is 0 Å². The van der Waals surface area contributed by atoms with E-state index in [1.807, 2.05) is 24.3 Å². The van der Waals surface area contributed by atoms with Crippen LogP contribution in [0.2, 0.25) is 0 Å². The Labute approximate surface area is 378 Å². The first kappa shape index (κ1) is 36.4. The summed E-state index contributed by atoms with van der Waals surface area (Å²) in [5.74, 6) is 0. The van der Waals surface area contributed by atoms with Crippen LogP contribution in [0.15, 0.2) is 261 Å². The van der Waals surface area contributed by atoms with Gasteiger partial charge in [0.15, 0.2) is 0 Å². The average molecular weight is 818 g/mol. The molecule has 10 aromatic rings. The maximum Gasteiger partial charge on any atom is 0.0714 e. The molecule has 0 spiro atoms. The molecule has 1 nitrogen and oxygen atoms in total. The summed E-state index contributed by atoms with van der Waals surface area (Å²) in [4.78, 5) is 2.15. The average Bonchev–Trinajstić information content (AvgIpc) is 3.67. The van der Waals surface area contributed by atoms with Crippen LogP contribution in [0.3, 0.4) is 0 Å². The van der Waals surface area contributed by atoms with E-state index in [1.165, 1.54) is 49.5 Å². The minimum atomic E-state index is -0.603. The van der Waals surface area contributed by atoms with Gasteiger partial charge in [-0.2, -0.15) is 0 Å². The third-order valence-electron chi connectivity index (χ3n) is 12.8. The van der Waals surface area contributed by atoms with Gasteiger partial charge in [-0.25, -0.2) is 0 Å². The Balaban J connectivity index is 1.08. The van der Waals surface area contributed by atoms with Crippen LogP contribution >= 0.6 is 0 Å².